The van der Waals surface area contributed by atoms with Crippen LogP contribution in [0, 0.1) is 0 Å². The summed E-state index contributed by atoms with van der Waals surface area (Å²) >= 11 is 0. The summed E-state index contributed by atoms with van der Waals surface area (Å²) in [6.45, 7) is 6.83. The van der Waals surface area contributed by atoms with Crippen molar-refractivity contribution < 1.29 is 33.7 Å². The number of hydrogen-bond acceptors (Lipinski definition) is 6. The van der Waals surface area contributed by atoms with Crippen molar-refractivity contribution in [1.82, 2.24) is 0 Å². The third-order valence-corrected chi connectivity index (χ3v) is 10.6. The molecule has 0 rings (SSSR count). The van der Waals surface area contributed by atoms with Crippen molar-refractivity contribution >= 4 is 7.82 Å². The molecular weight excluding hydrogens is 633 g/mol. The van der Waals surface area contributed by atoms with Crippen molar-refractivity contribution in [3.05, 3.63) is 0 Å². The number of unbranched alkanes of at least 4 members (excludes halogenated alkanes) is 29. The van der Waals surface area contributed by atoms with Gasteiger partial charge in [0.15, 0.2) is 0 Å². The van der Waals surface area contributed by atoms with Crippen molar-refractivity contribution in [3.63, 3.8) is 0 Å². The van der Waals surface area contributed by atoms with Gasteiger partial charge < -0.3 is 29.1 Å². The van der Waals surface area contributed by atoms with E-state index in [9.17, 15) is 9.46 Å². The molecule has 3 N–H and O–H groups in total. The van der Waals surface area contributed by atoms with Gasteiger partial charge in [0.05, 0.1) is 26.4 Å². The Morgan fingerprint density at radius 3 is 1.16 bits per heavy atom. The van der Waals surface area contributed by atoms with Crippen molar-refractivity contribution in [2.45, 2.75) is 225 Å². The first kappa shape index (κ1) is 49.0. The van der Waals surface area contributed by atoms with E-state index >= 15 is 0 Å². The van der Waals surface area contributed by atoms with Crippen LogP contribution in [0.4, 0.5) is 0 Å². The molecule has 0 saturated heterocycles. The molecule has 0 amide bonds. The molecule has 0 aliphatic heterocycles. The molecule has 0 saturated carbocycles. The van der Waals surface area contributed by atoms with Gasteiger partial charge >= 0.3 is 0 Å². The largest absolute Gasteiger partial charge is 0.756 e. The maximum Gasteiger partial charge on any atom is 0.267 e. The average Bonchev–Trinajstić information content (AvgIpc) is 3.09. The Labute approximate surface area is 305 Å². The van der Waals surface area contributed by atoms with E-state index in [-0.39, 0.29) is 13.2 Å². The number of rotatable bonds is 43. The van der Waals surface area contributed by atoms with Crippen molar-refractivity contribution in [2.24, 2.45) is 0 Å². The fourth-order valence-electron chi connectivity index (χ4n) is 6.32. The zero-order chi connectivity index (χ0) is 35.8. The predicted molar refractivity (Wildman–Crippen MR) is 207 cm³/mol. The van der Waals surface area contributed by atoms with Gasteiger partial charge in [0, 0.05) is 19.6 Å². The van der Waals surface area contributed by atoms with Gasteiger partial charge in [0.1, 0.15) is 6.10 Å². The van der Waals surface area contributed by atoms with Crippen molar-refractivity contribution in [1.29, 1.82) is 0 Å². The Hall–Kier alpha value is -0.0100. The molecule has 0 aromatic heterocycles. The fraction of sp³-hybridized carbons (Fsp3) is 1.00. The second-order valence-corrected chi connectivity index (χ2v) is 16.0. The van der Waals surface area contributed by atoms with E-state index in [4.69, 9.17) is 18.5 Å². The molecule has 2 atom stereocenters. The Morgan fingerprint density at radius 2 is 0.796 bits per heavy atom. The highest BCUT2D eigenvalue weighted by atomic mass is 31.2. The predicted octanol–water partition coefficient (Wildman–Crippen LogP) is 11.7. The highest BCUT2D eigenvalue weighted by Crippen LogP contribution is 2.38. The second-order valence-electron chi connectivity index (χ2n) is 14.6. The minimum atomic E-state index is -4.34. The van der Waals surface area contributed by atoms with E-state index in [1.54, 1.807) is 0 Å². The summed E-state index contributed by atoms with van der Waals surface area (Å²) in [6.07, 6.45) is 41.6. The van der Waals surface area contributed by atoms with Gasteiger partial charge in [0.25, 0.3) is 7.82 Å². The van der Waals surface area contributed by atoms with Gasteiger partial charge in [-0.3, -0.25) is 4.57 Å². The van der Waals surface area contributed by atoms with E-state index < -0.39 is 13.9 Å². The zero-order valence-corrected chi connectivity index (χ0v) is 33.9. The molecule has 0 spiro atoms. The molecular formula is C41H86NO6P. The van der Waals surface area contributed by atoms with E-state index in [1.165, 1.54) is 180 Å². The second kappa shape index (κ2) is 40.8. The first-order chi connectivity index (χ1) is 24.1. The molecule has 0 radical (unpaired) electrons. The first-order valence-corrected chi connectivity index (χ1v) is 23.1. The van der Waals surface area contributed by atoms with Gasteiger partial charge in [-0.2, -0.15) is 0 Å². The minimum Gasteiger partial charge on any atom is -0.756 e. The Morgan fingerprint density at radius 1 is 0.449 bits per heavy atom. The Kier molecular flexibility index (Phi) is 40.7. The maximum atomic E-state index is 12.1. The number of hydrogen-bond donors (Lipinski definition) is 1. The maximum absolute atomic E-state index is 12.1. The van der Waals surface area contributed by atoms with Gasteiger partial charge in [-0.1, -0.05) is 200 Å². The van der Waals surface area contributed by atoms with Crippen LogP contribution in [-0.2, 0) is 23.1 Å². The number of phosphoric ester groups is 1. The molecule has 0 bridgehead atoms. The lowest BCUT2D eigenvalue weighted by Crippen LogP contribution is -2.50. The third kappa shape index (κ3) is 40.6. The lowest BCUT2D eigenvalue weighted by atomic mass is 10.0. The molecule has 0 aromatic rings. The number of quaternary nitrogens is 1. The Bertz CT molecular complexity index is 632. The van der Waals surface area contributed by atoms with Gasteiger partial charge in [-0.05, 0) is 12.8 Å². The quantitative estimate of drug-likeness (QED) is 0.0497. The summed E-state index contributed by atoms with van der Waals surface area (Å²) in [5.41, 5.74) is 3.72. The molecule has 7 nitrogen and oxygen atoms in total. The molecule has 0 fully saturated rings. The Balaban J connectivity index is 3.92. The highest BCUT2D eigenvalue weighted by molar-refractivity contribution is 7.45. The fourth-order valence-corrected chi connectivity index (χ4v) is 7.10. The average molecular weight is 720 g/mol. The SMILES string of the molecule is CCCCCCCCCCCCCCCCCCOC(COCCCCCCCCCCCCCCCCC)COP(=O)([O-])OCCC[NH3+]. The highest BCUT2D eigenvalue weighted by Gasteiger charge is 2.16. The monoisotopic (exact) mass is 720 g/mol. The molecule has 49 heavy (non-hydrogen) atoms. The number of ether oxygens (including phenoxy) is 2. The summed E-state index contributed by atoms with van der Waals surface area (Å²) in [5, 5.41) is 0. The summed E-state index contributed by atoms with van der Waals surface area (Å²) in [5.74, 6) is 0. The van der Waals surface area contributed by atoms with Crippen LogP contribution in [0.1, 0.15) is 219 Å². The zero-order valence-electron chi connectivity index (χ0n) is 33.1. The van der Waals surface area contributed by atoms with E-state index in [0.29, 0.717) is 32.8 Å². The topological polar surface area (TPSA) is 105 Å². The molecule has 0 aromatic carbocycles. The van der Waals surface area contributed by atoms with E-state index in [2.05, 4.69) is 19.6 Å². The van der Waals surface area contributed by atoms with Crippen LogP contribution >= 0.6 is 7.82 Å². The van der Waals surface area contributed by atoms with Gasteiger partial charge in [0.2, 0.25) is 0 Å². The van der Waals surface area contributed by atoms with Gasteiger partial charge in [-0.25, -0.2) is 0 Å². The molecule has 2 unspecified atom stereocenters. The van der Waals surface area contributed by atoms with Crippen molar-refractivity contribution in [3.8, 4) is 0 Å². The lowest BCUT2D eigenvalue weighted by molar-refractivity contribution is -0.369. The normalized spacial score (nSPS) is 13.6. The van der Waals surface area contributed by atoms with Crippen LogP contribution in [0.15, 0.2) is 0 Å². The summed E-state index contributed by atoms with van der Waals surface area (Å²) in [4.78, 5) is 12.1. The van der Waals surface area contributed by atoms with Crippen LogP contribution in [0.3, 0.4) is 0 Å². The van der Waals surface area contributed by atoms with Crippen LogP contribution in [0.5, 0.6) is 0 Å². The lowest BCUT2D eigenvalue weighted by Gasteiger charge is -2.25. The third-order valence-electron chi connectivity index (χ3n) is 9.61. The summed E-state index contributed by atoms with van der Waals surface area (Å²) in [7, 11) is -4.34. The number of phosphoric acid groups is 1. The van der Waals surface area contributed by atoms with Crippen molar-refractivity contribution in [2.75, 3.05) is 39.6 Å². The van der Waals surface area contributed by atoms with Crippen LogP contribution in [-0.4, -0.2) is 45.7 Å². The van der Waals surface area contributed by atoms with Crippen LogP contribution in [0.25, 0.3) is 0 Å². The summed E-state index contributed by atoms with van der Waals surface area (Å²) in [6, 6.07) is 0. The van der Waals surface area contributed by atoms with Crippen LogP contribution in [0.2, 0.25) is 0 Å². The standard InChI is InChI=1S/C41H86NO6P/c1-3-5-7-9-11-13-15-17-19-21-23-25-27-29-31-33-37-46-41(40-48-49(43,44)47-38-34-35-42)39-45-36-32-30-28-26-24-22-20-18-16-14-12-10-8-6-4-2/h41H,3-40,42H2,1-2H3,(H,43,44). The molecule has 8 heteroatoms. The molecule has 0 heterocycles. The van der Waals surface area contributed by atoms with E-state index in [1.807, 2.05) is 0 Å². The molecule has 0 aliphatic carbocycles. The van der Waals surface area contributed by atoms with Gasteiger partial charge in [-0.15, -0.1) is 0 Å². The summed E-state index contributed by atoms with van der Waals surface area (Å²) < 4.78 is 34.2. The smallest absolute Gasteiger partial charge is 0.267 e. The molecule has 296 valence electrons. The minimum absolute atomic E-state index is 0.0666. The first-order valence-electron chi connectivity index (χ1n) is 21.6. The van der Waals surface area contributed by atoms with Crippen LogP contribution < -0.4 is 10.6 Å². The molecule has 0 aliphatic rings. The van der Waals surface area contributed by atoms with E-state index in [0.717, 1.165) is 19.3 Å².